The fourth-order valence-corrected chi connectivity index (χ4v) is 3.60. The van der Waals surface area contributed by atoms with Gasteiger partial charge < -0.3 is 15.6 Å². The predicted octanol–water partition coefficient (Wildman–Crippen LogP) is 2.58. The van der Waals surface area contributed by atoms with Crippen molar-refractivity contribution in [3.63, 3.8) is 0 Å². The van der Waals surface area contributed by atoms with Crippen LogP contribution in [-0.4, -0.2) is 29.3 Å². The minimum absolute atomic E-state index is 0.331. The van der Waals surface area contributed by atoms with Gasteiger partial charge in [-0.2, -0.15) is 10.4 Å². The summed E-state index contributed by atoms with van der Waals surface area (Å²) in [5.41, 5.74) is 7.86. The second-order valence-corrected chi connectivity index (χ2v) is 7.16. The molecule has 0 aliphatic carbocycles. The quantitative estimate of drug-likeness (QED) is 0.555. The highest BCUT2D eigenvalue weighted by atomic mass is 15.3. The summed E-state index contributed by atoms with van der Waals surface area (Å²) >= 11 is 0. The van der Waals surface area contributed by atoms with Crippen LogP contribution in [0.25, 0.3) is 10.8 Å². The molecule has 0 saturated heterocycles. The van der Waals surface area contributed by atoms with Gasteiger partial charge in [0.05, 0.1) is 24.2 Å². The Bertz CT molecular complexity index is 1260. The lowest BCUT2D eigenvalue weighted by Gasteiger charge is -2.09. The Morgan fingerprint density at radius 3 is 3.00 bits per heavy atom. The van der Waals surface area contributed by atoms with E-state index in [1.807, 2.05) is 35.3 Å². The molecule has 5 heterocycles. The number of aryl methyl sites for hydroxylation is 2. The Kier molecular flexibility index (Phi) is 3.91. The number of rotatable bonds is 3. The number of anilines is 3. The first-order valence-electron chi connectivity index (χ1n) is 9.40. The molecule has 9 heteroatoms. The molecule has 1 aliphatic rings. The van der Waals surface area contributed by atoms with Crippen LogP contribution in [0.4, 0.5) is 17.5 Å². The molecule has 0 spiro atoms. The highest BCUT2D eigenvalue weighted by Gasteiger charge is 2.16. The van der Waals surface area contributed by atoms with E-state index in [0.717, 1.165) is 41.1 Å². The number of aromatic nitrogens is 6. The summed E-state index contributed by atoms with van der Waals surface area (Å²) in [5, 5.41) is 18.8. The standard InChI is InChI=1S/C20H19N9/c1-12(9-21)16-6-13-7-17(24-10-15(13)20(22)25-16)26-18-8-14-2-4-28-5-3-23-19(28)11-29(14)27-18/h3,5-8,10,12H,2,4,11H2,1H3,(H2,22,25)(H,24,26,27). The molecule has 0 bridgehead atoms. The van der Waals surface area contributed by atoms with Gasteiger partial charge in [0, 0.05) is 48.7 Å². The van der Waals surface area contributed by atoms with E-state index in [1.54, 1.807) is 13.1 Å². The third-order valence-corrected chi connectivity index (χ3v) is 5.22. The molecule has 0 amide bonds. The zero-order chi connectivity index (χ0) is 20.0. The van der Waals surface area contributed by atoms with Gasteiger partial charge in [-0.3, -0.25) is 4.68 Å². The number of hydrogen-bond donors (Lipinski definition) is 2. The van der Waals surface area contributed by atoms with E-state index in [9.17, 15) is 5.26 Å². The van der Waals surface area contributed by atoms with Crippen LogP contribution in [0.2, 0.25) is 0 Å². The Morgan fingerprint density at radius 1 is 1.24 bits per heavy atom. The van der Waals surface area contributed by atoms with Crippen LogP contribution in [0.1, 0.15) is 30.1 Å². The van der Waals surface area contributed by atoms with Crippen molar-refractivity contribution in [3.8, 4) is 6.07 Å². The fraction of sp³-hybridized carbons (Fsp3) is 0.250. The summed E-state index contributed by atoms with van der Waals surface area (Å²) in [4.78, 5) is 13.2. The first-order chi connectivity index (χ1) is 14.1. The summed E-state index contributed by atoms with van der Waals surface area (Å²) in [5.74, 6) is 2.45. The second kappa shape index (κ2) is 6.60. The number of nitriles is 1. The first-order valence-corrected chi connectivity index (χ1v) is 9.40. The van der Waals surface area contributed by atoms with Crippen molar-refractivity contribution in [3.05, 3.63) is 54.0 Å². The number of nitrogens with zero attached hydrogens (tertiary/aromatic N) is 7. The van der Waals surface area contributed by atoms with Crippen molar-refractivity contribution in [2.75, 3.05) is 11.1 Å². The van der Waals surface area contributed by atoms with E-state index in [1.165, 1.54) is 0 Å². The maximum Gasteiger partial charge on any atom is 0.153 e. The zero-order valence-electron chi connectivity index (χ0n) is 15.9. The summed E-state index contributed by atoms with van der Waals surface area (Å²) in [6.07, 6.45) is 6.41. The van der Waals surface area contributed by atoms with Gasteiger partial charge in [0.25, 0.3) is 0 Å². The lowest BCUT2D eigenvalue weighted by atomic mass is 10.1. The van der Waals surface area contributed by atoms with E-state index in [0.29, 0.717) is 23.9 Å². The molecule has 5 rings (SSSR count). The highest BCUT2D eigenvalue weighted by molar-refractivity contribution is 5.92. The molecule has 4 aromatic rings. The van der Waals surface area contributed by atoms with E-state index in [2.05, 4.69) is 36.0 Å². The molecule has 0 saturated carbocycles. The first kappa shape index (κ1) is 17.2. The van der Waals surface area contributed by atoms with Crippen LogP contribution in [0.5, 0.6) is 0 Å². The number of nitrogens with one attached hydrogen (secondary N) is 1. The smallest absolute Gasteiger partial charge is 0.153 e. The minimum atomic E-state index is -0.331. The van der Waals surface area contributed by atoms with Gasteiger partial charge in [-0.15, -0.1) is 0 Å². The Morgan fingerprint density at radius 2 is 2.14 bits per heavy atom. The number of nitrogens with two attached hydrogens (primary N) is 1. The number of fused-ring (bicyclic) bond motifs is 3. The van der Waals surface area contributed by atoms with Crippen molar-refractivity contribution in [1.29, 1.82) is 5.26 Å². The molecule has 3 N–H and O–H groups in total. The number of nitrogen functional groups attached to an aromatic ring is 1. The second-order valence-electron chi connectivity index (χ2n) is 7.16. The summed E-state index contributed by atoms with van der Waals surface area (Å²) in [7, 11) is 0. The third-order valence-electron chi connectivity index (χ3n) is 5.22. The van der Waals surface area contributed by atoms with E-state index >= 15 is 0 Å². The number of hydrogen-bond acceptors (Lipinski definition) is 7. The van der Waals surface area contributed by atoms with Crippen LogP contribution in [-0.2, 0) is 19.5 Å². The van der Waals surface area contributed by atoms with Crippen LogP contribution in [0, 0.1) is 11.3 Å². The molecule has 0 radical (unpaired) electrons. The number of pyridine rings is 2. The van der Waals surface area contributed by atoms with Gasteiger partial charge in [-0.1, -0.05) is 0 Å². The van der Waals surface area contributed by atoms with E-state index < -0.39 is 0 Å². The van der Waals surface area contributed by atoms with E-state index in [4.69, 9.17) is 5.73 Å². The van der Waals surface area contributed by atoms with Gasteiger partial charge >= 0.3 is 0 Å². The Labute approximate surface area is 166 Å². The Hall–Kier alpha value is -3.93. The van der Waals surface area contributed by atoms with Gasteiger partial charge in [-0.05, 0) is 24.4 Å². The molecule has 1 atom stereocenters. The molecule has 144 valence electrons. The third kappa shape index (κ3) is 3.04. The van der Waals surface area contributed by atoms with Crippen LogP contribution in [0.15, 0.2) is 36.8 Å². The topological polar surface area (TPSA) is 123 Å². The molecule has 4 aromatic heterocycles. The predicted molar refractivity (Wildman–Crippen MR) is 109 cm³/mol. The van der Waals surface area contributed by atoms with E-state index in [-0.39, 0.29) is 5.92 Å². The highest BCUT2D eigenvalue weighted by Crippen LogP contribution is 2.26. The van der Waals surface area contributed by atoms with Crippen molar-refractivity contribution in [2.24, 2.45) is 0 Å². The van der Waals surface area contributed by atoms with Gasteiger partial charge in [0.1, 0.15) is 17.5 Å². The van der Waals surface area contributed by atoms with Crippen LogP contribution in [0.3, 0.4) is 0 Å². The molecular weight excluding hydrogens is 366 g/mol. The molecule has 1 unspecified atom stereocenters. The van der Waals surface area contributed by atoms with Gasteiger partial charge in [0.15, 0.2) is 5.82 Å². The SMILES string of the molecule is CC(C#N)c1cc2cc(Nc3cc4n(n3)Cc3nccn3CC4)ncc2c(N)n1. The zero-order valence-corrected chi connectivity index (χ0v) is 15.9. The Balaban J connectivity index is 1.45. The lowest BCUT2D eigenvalue weighted by Crippen LogP contribution is -2.06. The molecule has 0 fully saturated rings. The van der Waals surface area contributed by atoms with Crippen LogP contribution >= 0.6 is 0 Å². The number of imidazole rings is 1. The lowest BCUT2D eigenvalue weighted by molar-refractivity contribution is 0.641. The summed E-state index contributed by atoms with van der Waals surface area (Å²) in [6.45, 7) is 3.34. The summed E-state index contributed by atoms with van der Waals surface area (Å²) < 4.78 is 4.13. The largest absolute Gasteiger partial charge is 0.383 e. The van der Waals surface area contributed by atoms with Crippen molar-refractivity contribution in [2.45, 2.75) is 32.4 Å². The van der Waals surface area contributed by atoms with Crippen LogP contribution < -0.4 is 11.1 Å². The van der Waals surface area contributed by atoms with Crippen molar-refractivity contribution < 1.29 is 0 Å². The summed E-state index contributed by atoms with van der Waals surface area (Å²) in [6, 6.07) is 8.03. The minimum Gasteiger partial charge on any atom is -0.383 e. The van der Waals surface area contributed by atoms with Crippen molar-refractivity contribution in [1.82, 2.24) is 29.3 Å². The molecule has 9 nitrogen and oxygen atoms in total. The maximum atomic E-state index is 9.18. The van der Waals surface area contributed by atoms with Gasteiger partial charge in [-0.25, -0.2) is 15.0 Å². The molecule has 29 heavy (non-hydrogen) atoms. The molecular formula is C20H19N9. The average molecular weight is 385 g/mol. The average Bonchev–Trinajstić information content (AvgIpc) is 3.28. The maximum absolute atomic E-state index is 9.18. The monoisotopic (exact) mass is 385 g/mol. The molecule has 1 aliphatic heterocycles. The van der Waals surface area contributed by atoms with Gasteiger partial charge in [0.2, 0.25) is 0 Å². The van der Waals surface area contributed by atoms with Crippen molar-refractivity contribution >= 4 is 28.2 Å². The fourth-order valence-electron chi connectivity index (χ4n) is 3.60. The normalized spacial score (nSPS) is 13.9. The molecule has 0 aromatic carbocycles.